The van der Waals surface area contributed by atoms with Crippen molar-refractivity contribution in [1.82, 2.24) is 5.32 Å². The predicted molar refractivity (Wildman–Crippen MR) is 89.3 cm³/mol. The Kier molecular flexibility index (Phi) is 5.82. The second kappa shape index (κ2) is 7.39. The molecule has 1 fully saturated rings. The van der Waals surface area contributed by atoms with Gasteiger partial charge in [0, 0.05) is 19.8 Å². The molecular weight excluding hydrogens is 262 g/mol. The summed E-state index contributed by atoms with van der Waals surface area (Å²) in [5.41, 5.74) is 1.38. The molecule has 0 aromatic heterocycles. The van der Waals surface area contributed by atoms with Gasteiger partial charge >= 0.3 is 0 Å². The van der Waals surface area contributed by atoms with E-state index in [0.29, 0.717) is 0 Å². The maximum atomic E-state index is 5.63. The van der Waals surface area contributed by atoms with Crippen LogP contribution in [0.2, 0.25) is 19.6 Å². The maximum absolute atomic E-state index is 5.63. The number of rotatable bonds is 9. The number of benzene rings is 1. The van der Waals surface area contributed by atoms with Gasteiger partial charge in [0.2, 0.25) is 0 Å². The summed E-state index contributed by atoms with van der Waals surface area (Å²) in [5.74, 6) is 0.882. The second-order valence-corrected chi connectivity index (χ2v) is 12.1. The summed E-state index contributed by atoms with van der Waals surface area (Å²) in [7, 11) is -1.15. The van der Waals surface area contributed by atoms with Gasteiger partial charge in [0.05, 0.1) is 8.07 Å². The molecule has 1 saturated carbocycles. The Morgan fingerprint density at radius 3 is 2.45 bits per heavy atom. The lowest BCUT2D eigenvalue weighted by atomic mass is 10.2. The fourth-order valence-electron chi connectivity index (χ4n) is 2.19. The fourth-order valence-corrected chi connectivity index (χ4v) is 3.36. The molecule has 2 rings (SSSR count). The smallest absolute Gasteiger partial charge is 0.0775 e. The van der Waals surface area contributed by atoms with Crippen LogP contribution in [0.3, 0.4) is 0 Å². The lowest BCUT2D eigenvalue weighted by Crippen LogP contribution is -2.37. The normalized spacial score (nSPS) is 15.6. The molecule has 1 aliphatic carbocycles. The highest BCUT2D eigenvalue weighted by Gasteiger charge is 2.20. The first-order chi connectivity index (χ1) is 9.55. The highest BCUT2D eigenvalue weighted by Crippen LogP contribution is 2.28. The van der Waals surface area contributed by atoms with E-state index in [1.54, 1.807) is 0 Å². The van der Waals surface area contributed by atoms with E-state index in [9.17, 15) is 0 Å². The van der Waals surface area contributed by atoms with Crippen molar-refractivity contribution in [3.05, 3.63) is 29.8 Å². The van der Waals surface area contributed by atoms with Gasteiger partial charge in [-0.15, -0.1) is 0 Å². The molecule has 2 nitrogen and oxygen atoms in total. The number of hydrogen-bond donors (Lipinski definition) is 1. The molecule has 0 saturated heterocycles. The van der Waals surface area contributed by atoms with Crippen molar-refractivity contribution in [3.63, 3.8) is 0 Å². The van der Waals surface area contributed by atoms with E-state index >= 15 is 0 Å². The van der Waals surface area contributed by atoms with E-state index < -0.39 is 8.07 Å². The van der Waals surface area contributed by atoms with Crippen molar-refractivity contribution in [2.75, 3.05) is 19.8 Å². The number of ether oxygens (including phenoxy) is 1. The Morgan fingerprint density at radius 2 is 1.85 bits per heavy atom. The Balaban J connectivity index is 1.56. The summed E-state index contributed by atoms with van der Waals surface area (Å²) in [4.78, 5) is 0. The maximum Gasteiger partial charge on any atom is 0.0775 e. The first kappa shape index (κ1) is 15.7. The van der Waals surface area contributed by atoms with Gasteiger partial charge in [0.1, 0.15) is 0 Å². The Bertz CT molecular complexity index is 392. The predicted octanol–water partition coefficient (Wildman–Crippen LogP) is 3.14. The molecule has 0 bridgehead atoms. The highest BCUT2D eigenvalue weighted by molar-refractivity contribution is 6.88. The van der Waals surface area contributed by atoms with Gasteiger partial charge in [-0.05, 0) is 37.3 Å². The van der Waals surface area contributed by atoms with Crippen molar-refractivity contribution in [2.45, 2.75) is 45.4 Å². The summed E-state index contributed by atoms with van der Waals surface area (Å²) in [6.07, 6.45) is 3.87. The third kappa shape index (κ3) is 5.78. The van der Waals surface area contributed by atoms with Crippen LogP contribution in [-0.2, 0) is 11.3 Å². The lowest BCUT2D eigenvalue weighted by Gasteiger charge is -2.16. The van der Waals surface area contributed by atoms with Gasteiger partial charge in [0.25, 0.3) is 0 Å². The average Bonchev–Trinajstić information content (AvgIpc) is 3.21. The summed E-state index contributed by atoms with van der Waals surface area (Å²) in [6, 6.07) is 9.15. The van der Waals surface area contributed by atoms with Crippen molar-refractivity contribution in [1.29, 1.82) is 0 Å². The van der Waals surface area contributed by atoms with E-state index in [4.69, 9.17) is 4.74 Å². The summed E-state index contributed by atoms with van der Waals surface area (Å²) in [6.45, 7) is 11.1. The molecule has 0 amide bonds. The fraction of sp³-hybridized carbons (Fsp3) is 0.647. The molecule has 1 aromatic rings. The van der Waals surface area contributed by atoms with E-state index in [1.165, 1.54) is 23.6 Å². The molecule has 112 valence electrons. The standard InChI is InChI=1S/C17H29NOSi/c1-20(2,3)17-9-7-15(8-10-17)13-18-11-4-12-19-14-16-5-6-16/h7-10,16,18H,4-6,11-14H2,1-3H3. The van der Waals surface area contributed by atoms with Crippen molar-refractivity contribution in [2.24, 2.45) is 5.92 Å². The van der Waals surface area contributed by atoms with Crippen LogP contribution >= 0.6 is 0 Å². The van der Waals surface area contributed by atoms with Crippen LogP contribution in [0.25, 0.3) is 0 Å². The zero-order valence-electron chi connectivity index (χ0n) is 13.2. The highest BCUT2D eigenvalue weighted by atomic mass is 28.3. The van der Waals surface area contributed by atoms with Crippen LogP contribution in [0.1, 0.15) is 24.8 Å². The Labute approximate surface area is 124 Å². The van der Waals surface area contributed by atoms with Crippen LogP contribution in [0.4, 0.5) is 0 Å². The summed E-state index contributed by atoms with van der Waals surface area (Å²) < 4.78 is 5.63. The van der Waals surface area contributed by atoms with Gasteiger partial charge in [0.15, 0.2) is 0 Å². The topological polar surface area (TPSA) is 21.3 Å². The van der Waals surface area contributed by atoms with Crippen molar-refractivity contribution >= 4 is 13.3 Å². The van der Waals surface area contributed by atoms with Crippen LogP contribution in [0.15, 0.2) is 24.3 Å². The first-order valence-corrected chi connectivity index (χ1v) is 11.4. The largest absolute Gasteiger partial charge is 0.381 e. The monoisotopic (exact) mass is 291 g/mol. The van der Waals surface area contributed by atoms with Crippen LogP contribution in [0.5, 0.6) is 0 Å². The third-order valence-corrected chi connectivity index (χ3v) is 5.91. The minimum absolute atomic E-state index is 0.882. The van der Waals surface area contributed by atoms with E-state index in [0.717, 1.165) is 38.6 Å². The van der Waals surface area contributed by atoms with Crippen LogP contribution in [0, 0.1) is 5.92 Å². The zero-order valence-corrected chi connectivity index (χ0v) is 14.2. The summed E-state index contributed by atoms with van der Waals surface area (Å²) in [5, 5.41) is 5.03. The molecule has 0 unspecified atom stereocenters. The SMILES string of the molecule is C[Si](C)(C)c1ccc(CNCCCOCC2CC2)cc1. The number of nitrogens with one attached hydrogen (secondary N) is 1. The summed E-state index contributed by atoms with van der Waals surface area (Å²) >= 11 is 0. The van der Waals surface area contributed by atoms with Gasteiger partial charge < -0.3 is 10.1 Å². The van der Waals surface area contributed by atoms with E-state index in [-0.39, 0.29) is 0 Å². The van der Waals surface area contributed by atoms with Gasteiger partial charge in [-0.2, -0.15) is 0 Å². The molecule has 1 N–H and O–H groups in total. The molecule has 0 heterocycles. The molecular formula is C17H29NOSi. The minimum atomic E-state index is -1.15. The quantitative estimate of drug-likeness (QED) is 0.557. The Morgan fingerprint density at radius 1 is 1.15 bits per heavy atom. The van der Waals surface area contributed by atoms with Gasteiger partial charge in [-0.25, -0.2) is 0 Å². The van der Waals surface area contributed by atoms with Crippen molar-refractivity contribution in [3.8, 4) is 0 Å². The average molecular weight is 292 g/mol. The Hall–Kier alpha value is -0.643. The molecule has 1 aromatic carbocycles. The molecule has 0 spiro atoms. The molecule has 0 aliphatic heterocycles. The van der Waals surface area contributed by atoms with Crippen LogP contribution < -0.4 is 10.5 Å². The molecule has 20 heavy (non-hydrogen) atoms. The van der Waals surface area contributed by atoms with Crippen LogP contribution in [-0.4, -0.2) is 27.8 Å². The number of hydrogen-bond acceptors (Lipinski definition) is 2. The van der Waals surface area contributed by atoms with Gasteiger partial charge in [-0.1, -0.05) is 49.1 Å². The second-order valence-electron chi connectivity index (χ2n) is 7.00. The third-order valence-electron chi connectivity index (χ3n) is 3.84. The van der Waals surface area contributed by atoms with E-state index in [1.807, 2.05) is 0 Å². The lowest BCUT2D eigenvalue weighted by molar-refractivity contribution is 0.122. The molecule has 3 heteroatoms. The van der Waals surface area contributed by atoms with E-state index in [2.05, 4.69) is 49.2 Å². The zero-order chi connectivity index (χ0) is 14.4. The first-order valence-electron chi connectivity index (χ1n) is 7.93. The molecule has 1 aliphatic rings. The van der Waals surface area contributed by atoms with Gasteiger partial charge in [-0.3, -0.25) is 0 Å². The molecule has 0 atom stereocenters. The minimum Gasteiger partial charge on any atom is -0.381 e. The van der Waals surface area contributed by atoms with Crippen molar-refractivity contribution < 1.29 is 4.74 Å². The molecule has 0 radical (unpaired) electrons.